The highest BCUT2D eigenvalue weighted by Gasteiger charge is 2.13. The molecule has 0 atom stereocenters. The number of furan rings is 1. The van der Waals surface area contributed by atoms with Crippen LogP contribution in [-0.2, 0) is 16.6 Å². The topological polar surface area (TPSA) is 72.2 Å². The second kappa shape index (κ2) is 6.66. The van der Waals surface area contributed by atoms with E-state index in [2.05, 4.69) is 25.6 Å². The lowest BCUT2D eigenvalue weighted by atomic mass is 10.2. The molecule has 1 N–H and O–H groups in total. The largest absolute Gasteiger partial charge is 0.463 e. The summed E-state index contributed by atoms with van der Waals surface area (Å²) in [5.74, 6) is 0.673. The van der Waals surface area contributed by atoms with E-state index in [0.29, 0.717) is 11.5 Å². The van der Waals surface area contributed by atoms with Gasteiger partial charge in [0.15, 0.2) is 5.76 Å². The maximum absolute atomic E-state index is 12.2. The molecule has 0 unspecified atom stereocenters. The SMILES string of the molecule is O=S(=O)(NCc1ccc(-c2ccco2)nc1)c1ccc(Br)cc1. The zero-order chi connectivity index (χ0) is 16.3. The molecule has 0 radical (unpaired) electrons. The van der Waals surface area contributed by atoms with Crippen LogP contribution in [0.4, 0.5) is 0 Å². The van der Waals surface area contributed by atoms with Gasteiger partial charge in [-0.1, -0.05) is 22.0 Å². The highest BCUT2D eigenvalue weighted by Crippen LogP contribution is 2.18. The average Bonchev–Trinajstić information content (AvgIpc) is 3.08. The Hall–Kier alpha value is -1.96. The molecule has 0 spiro atoms. The van der Waals surface area contributed by atoms with Crippen LogP contribution in [0, 0.1) is 0 Å². The van der Waals surface area contributed by atoms with E-state index >= 15 is 0 Å². The lowest BCUT2D eigenvalue weighted by molar-refractivity contribution is 0.578. The standard InChI is InChI=1S/C16H13BrN2O3S/c17-13-4-6-14(7-5-13)23(20,21)19-11-12-3-8-15(18-10-12)16-2-1-9-22-16/h1-10,19H,11H2. The summed E-state index contributed by atoms with van der Waals surface area (Å²) >= 11 is 3.28. The lowest BCUT2D eigenvalue weighted by Crippen LogP contribution is -2.23. The van der Waals surface area contributed by atoms with Crippen LogP contribution in [0.5, 0.6) is 0 Å². The van der Waals surface area contributed by atoms with E-state index in [9.17, 15) is 8.42 Å². The van der Waals surface area contributed by atoms with E-state index in [4.69, 9.17) is 4.42 Å². The van der Waals surface area contributed by atoms with Gasteiger partial charge in [-0.15, -0.1) is 0 Å². The molecule has 5 nitrogen and oxygen atoms in total. The van der Waals surface area contributed by atoms with Gasteiger partial charge in [0.05, 0.1) is 11.2 Å². The molecule has 0 aliphatic carbocycles. The monoisotopic (exact) mass is 392 g/mol. The fourth-order valence-corrected chi connectivity index (χ4v) is 3.26. The first kappa shape index (κ1) is 15.9. The summed E-state index contributed by atoms with van der Waals surface area (Å²) in [4.78, 5) is 4.49. The van der Waals surface area contributed by atoms with E-state index in [1.54, 1.807) is 48.9 Å². The van der Waals surface area contributed by atoms with Crippen LogP contribution in [-0.4, -0.2) is 13.4 Å². The van der Waals surface area contributed by atoms with Crippen LogP contribution < -0.4 is 4.72 Å². The first-order valence-electron chi connectivity index (χ1n) is 6.79. The molecule has 0 saturated carbocycles. The van der Waals surface area contributed by atoms with Gasteiger partial charge in [0.1, 0.15) is 5.69 Å². The number of aromatic nitrogens is 1. The van der Waals surface area contributed by atoms with Crippen LogP contribution in [0.1, 0.15) is 5.56 Å². The molecule has 23 heavy (non-hydrogen) atoms. The van der Waals surface area contributed by atoms with Gasteiger partial charge in [-0.2, -0.15) is 0 Å². The number of halogens is 1. The van der Waals surface area contributed by atoms with E-state index in [1.807, 2.05) is 12.1 Å². The molecule has 3 aromatic rings. The first-order chi connectivity index (χ1) is 11.0. The highest BCUT2D eigenvalue weighted by molar-refractivity contribution is 9.10. The first-order valence-corrected chi connectivity index (χ1v) is 9.06. The molecule has 0 aliphatic rings. The minimum Gasteiger partial charge on any atom is -0.463 e. The van der Waals surface area contributed by atoms with Crippen LogP contribution in [0.3, 0.4) is 0 Å². The molecule has 118 valence electrons. The Labute approximate surface area is 142 Å². The Morgan fingerprint density at radius 2 is 1.87 bits per heavy atom. The predicted molar refractivity (Wildman–Crippen MR) is 90.1 cm³/mol. The number of sulfonamides is 1. The van der Waals surface area contributed by atoms with Crippen molar-refractivity contribution < 1.29 is 12.8 Å². The third kappa shape index (κ3) is 3.87. The zero-order valence-electron chi connectivity index (χ0n) is 11.9. The van der Waals surface area contributed by atoms with Crippen LogP contribution in [0.15, 0.2) is 74.8 Å². The summed E-state index contributed by atoms with van der Waals surface area (Å²) in [6.45, 7) is 0.170. The molecule has 2 heterocycles. The van der Waals surface area contributed by atoms with Crippen molar-refractivity contribution in [3.63, 3.8) is 0 Å². The van der Waals surface area contributed by atoms with Gasteiger partial charge in [-0.25, -0.2) is 13.1 Å². The summed E-state index contributed by atoms with van der Waals surface area (Å²) in [7, 11) is -3.55. The minimum atomic E-state index is -3.55. The molecule has 2 aromatic heterocycles. The van der Waals surface area contributed by atoms with Gasteiger partial charge in [0, 0.05) is 17.2 Å². The maximum atomic E-state index is 12.2. The zero-order valence-corrected chi connectivity index (χ0v) is 14.3. The van der Waals surface area contributed by atoms with Crippen molar-refractivity contribution in [1.29, 1.82) is 0 Å². The Balaban J connectivity index is 1.69. The quantitative estimate of drug-likeness (QED) is 0.719. The number of rotatable bonds is 5. The van der Waals surface area contributed by atoms with Gasteiger partial charge < -0.3 is 4.42 Å². The molecule has 0 bridgehead atoms. The Bertz CT molecular complexity index is 874. The summed E-state index contributed by atoms with van der Waals surface area (Å²) in [6.07, 6.45) is 3.21. The van der Waals surface area contributed by atoms with Gasteiger partial charge in [0.2, 0.25) is 10.0 Å². The van der Waals surface area contributed by atoms with Crippen LogP contribution in [0.2, 0.25) is 0 Å². The number of pyridine rings is 1. The molecule has 3 rings (SSSR count). The fourth-order valence-electron chi connectivity index (χ4n) is 1.97. The summed E-state index contributed by atoms with van der Waals surface area (Å²) in [5.41, 5.74) is 1.47. The van der Waals surface area contributed by atoms with Gasteiger partial charge in [-0.05, 0) is 48.0 Å². The second-order valence-electron chi connectivity index (χ2n) is 4.81. The molecule has 0 saturated heterocycles. The number of nitrogens with one attached hydrogen (secondary N) is 1. The van der Waals surface area contributed by atoms with Crippen molar-refractivity contribution in [1.82, 2.24) is 9.71 Å². The van der Waals surface area contributed by atoms with Gasteiger partial charge in [0.25, 0.3) is 0 Å². The fraction of sp³-hybridized carbons (Fsp3) is 0.0625. The summed E-state index contributed by atoms with van der Waals surface area (Å²) in [5, 5.41) is 0. The molecular weight excluding hydrogens is 380 g/mol. The van der Waals surface area contributed by atoms with Crippen molar-refractivity contribution in [2.75, 3.05) is 0 Å². The van der Waals surface area contributed by atoms with Gasteiger partial charge in [-0.3, -0.25) is 4.98 Å². The average molecular weight is 393 g/mol. The molecular formula is C16H13BrN2O3S. The van der Waals surface area contributed by atoms with Crippen molar-refractivity contribution in [2.45, 2.75) is 11.4 Å². The third-order valence-corrected chi connectivity index (χ3v) is 5.13. The highest BCUT2D eigenvalue weighted by atomic mass is 79.9. The van der Waals surface area contributed by atoms with Crippen LogP contribution >= 0.6 is 15.9 Å². The van der Waals surface area contributed by atoms with Crippen molar-refractivity contribution >= 4 is 26.0 Å². The van der Waals surface area contributed by atoms with E-state index in [-0.39, 0.29) is 11.4 Å². The maximum Gasteiger partial charge on any atom is 0.240 e. The van der Waals surface area contributed by atoms with Crippen LogP contribution in [0.25, 0.3) is 11.5 Å². The van der Waals surface area contributed by atoms with Crippen molar-refractivity contribution in [3.8, 4) is 11.5 Å². The molecule has 1 aromatic carbocycles. The van der Waals surface area contributed by atoms with Crippen molar-refractivity contribution in [2.24, 2.45) is 0 Å². The second-order valence-corrected chi connectivity index (χ2v) is 7.49. The summed E-state index contributed by atoms with van der Waals surface area (Å²) < 4.78 is 33.1. The number of hydrogen-bond acceptors (Lipinski definition) is 4. The Morgan fingerprint density at radius 1 is 1.09 bits per heavy atom. The third-order valence-electron chi connectivity index (χ3n) is 3.19. The minimum absolute atomic E-state index is 0.170. The van der Waals surface area contributed by atoms with E-state index in [1.165, 1.54) is 0 Å². The number of benzene rings is 1. The number of nitrogens with zero attached hydrogens (tertiary/aromatic N) is 1. The van der Waals surface area contributed by atoms with E-state index in [0.717, 1.165) is 10.0 Å². The normalized spacial score (nSPS) is 11.5. The van der Waals surface area contributed by atoms with Gasteiger partial charge >= 0.3 is 0 Å². The molecule has 0 fully saturated rings. The summed E-state index contributed by atoms with van der Waals surface area (Å²) in [6, 6.07) is 13.7. The van der Waals surface area contributed by atoms with Crippen molar-refractivity contribution in [3.05, 3.63) is 71.0 Å². The van der Waals surface area contributed by atoms with E-state index < -0.39 is 10.0 Å². The smallest absolute Gasteiger partial charge is 0.240 e. The molecule has 0 amide bonds. The lowest BCUT2D eigenvalue weighted by Gasteiger charge is -2.07. The Morgan fingerprint density at radius 3 is 2.48 bits per heavy atom. The molecule has 0 aliphatic heterocycles. The Kier molecular flexibility index (Phi) is 4.61. The predicted octanol–water partition coefficient (Wildman–Crippen LogP) is 3.58. The number of hydrogen-bond donors (Lipinski definition) is 1. The molecule has 7 heteroatoms.